The topological polar surface area (TPSA) is 104 Å². The van der Waals surface area contributed by atoms with Gasteiger partial charge in [0.15, 0.2) is 9.84 Å². The summed E-state index contributed by atoms with van der Waals surface area (Å²) in [5.41, 5.74) is 0. The first-order chi connectivity index (χ1) is 5.27. The van der Waals surface area contributed by atoms with Gasteiger partial charge in [-0.2, -0.15) is 8.42 Å². The van der Waals surface area contributed by atoms with Crippen LogP contribution in [0.25, 0.3) is 0 Å². The summed E-state index contributed by atoms with van der Waals surface area (Å²) < 4.78 is 45.9. The predicted molar refractivity (Wildman–Crippen MR) is 43.4 cm³/mol. The molecule has 6 nitrogen and oxygen atoms in total. The van der Waals surface area contributed by atoms with Crippen molar-refractivity contribution in [2.24, 2.45) is 5.14 Å². The molecular weight excluding hydrogens is 206 g/mol. The van der Waals surface area contributed by atoms with E-state index in [1.54, 1.807) is 0 Å². The molecule has 0 aromatic rings. The molecule has 0 aliphatic heterocycles. The van der Waals surface area contributed by atoms with Gasteiger partial charge >= 0.3 is 10.3 Å². The first-order valence-corrected chi connectivity index (χ1v) is 6.43. The molecule has 0 aromatic carbocycles. The van der Waals surface area contributed by atoms with Gasteiger partial charge in [0.05, 0.1) is 12.4 Å². The minimum Gasteiger partial charge on any atom is -0.257 e. The lowest BCUT2D eigenvalue weighted by Gasteiger charge is -2.00. The largest absolute Gasteiger partial charge is 0.333 e. The molecule has 2 N–H and O–H groups in total. The monoisotopic (exact) mass is 217 g/mol. The van der Waals surface area contributed by atoms with E-state index in [0.717, 1.165) is 0 Å². The van der Waals surface area contributed by atoms with Gasteiger partial charge in [0.2, 0.25) is 0 Å². The van der Waals surface area contributed by atoms with Gasteiger partial charge in [-0.3, -0.25) is 4.18 Å². The molecule has 0 fully saturated rings. The van der Waals surface area contributed by atoms with Crippen molar-refractivity contribution in [3.63, 3.8) is 0 Å². The van der Waals surface area contributed by atoms with E-state index < -0.39 is 26.7 Å². The highest BCUT2D eigenvalue weighted by atomic mass is 32.2. The lowest BCUT2D eigenvalue weighted by Crippen LogP contribution is -2.21. The third kappa shape index (κ3) is 6.53. The van der Waals surface area contributed by atoms with E-state index in [1.807, 2.05) is 0 Å². The second-order valence-electron chi connectivity index (χ2n) is 2.05. The number of sulfone groups is 1. The SMILES string of the molecule is CCS(=O)(=O)CCOS(N)(=O)=O. The maximum absolute atomic E-state index is 10.8. The first kappa shape index (κ1) is 11.8. The highest BCUT2D eigenvalue weighted by Gasteiger charge is 2.09. The van der Waals surface area contributed by atoms with Gasteiger partial charge < -0.3 is 0 Å². The molecule has 0 unspecified atom stereocenters. The molecule has 0 amide bonds. The number of hydrogen-bond acceptors (Lipinski definition) is 5. The van der Waals surface area contributed by atoms with Crippen LogP contribution in [0.5, 0.6) is 0 Å². The van der Waals surface area contributed by atoms with Crippen LogP contribution in [0.4, 0.5) is 0 Å². The van der Waals surface area contributed by atoms with Crippen LogP contribution in [0.1, 0.15) is 6.92 Å². The third-order valence-electron chi connectivity index (χ3n) is 1.08. The van der Waals surface area contributed by atoms with Crippen molar-refractivity contribution in [1.82, 2.24) is 0 Å². The van der Waals surface area contributed by atoms with Crippen LogP contribution in [0, 0.1) is 0 Å². The Morgan fingerprint density at radius 1 is 1.25 bits per heavy atom. The Hall–Kier alpha value is -0.180. The van der Waals surface area contributed by atoms with E-state index >= 15 is 0 Å². The van der Waals surface area contributed by atoms with E-state index in [2.05, 4.69) is 9.32 Å². The summed E-state index contributed by atoms with van der Waals surface area (Å²) in [6, 6.07) is 0. The average Bonchev–Trinajstić information content (AvgIpc) is 1.84. The Bertz CT molecular complexity index is 315. The molecule has 0 radical (unpaired) electrons. The van der Waals surface area contributed by atoms with Crippen molar-refractivity contribution < 1.29 is 21.0 Å². The summed E-state index contributed by atoms with van der Waals surface area (Å²) in [5.74, 6) is -0.374. The fraction of sp³-hybridized carbons (Fsp3) is 1.00. The quantitative estimate of drug-likeness (QED) is 0.612. The highest BCUT2D eigenvalue weighted by Crippen LogP contribution is 1.91. The van der Waals surface area contributed by atoms with Crippen LogP contribution in [-0.4, -0.2) is 34.9 Å². The van der Waals surface area contributed by atoms with Gasteiger partial charge in [-0.15, -0.1) is 0 Å². The van der Waals surface area contributed by atoms with Crippen LogP contribution in [0.3, 0.4) is 0 Å². The Kier molecular flexibility index (Phi) is 4.11. The lowest BCUT2D eigenvalue weighted by atomic mass is 10.9. The van der Waals surface area contributed by atoms with Crippen molar-refractivity contribution in [3.05, 3.63) is 0 Å². The molecule has 0 aliphatic carbocycles. The van der Waals surface area contributed by atoms with Gasteiger partial charge in [-0.1, -0.05) is 6.92 Å². The average molecular weight is 217 g/mol. The summed E-state index contributed by atoms with van der Waals surface area (Å²) in [6.07, 6.45) is 0. The number of nitrogens with two attached hydrogens (primary N) is 1. The molecule has 0 aliphatic rings. The van der Waals surface area contributed by atoms with E-state index in [4.69, 9.17) is 0 Å². The fourth-order valence-electron chi connectivity index (χ4n) is 0.421. The Labute approximate surface area is 71.9 Å². The molecule has 0 aromatic heterocycles. The van der Waals surface area contributed by atoms with Gasteiger partial charge in [0.1, 0.15) is 0 Å². The minimum absolute atomic E-state index is 0.0407. The van der Waals surface area contributed by atoms with Crippen LogP contribution in [0.15, 0.2) is 0 Å². The van der Waals surface area contributed by atoms with Gasteiger partial charge in [0, 0.05) is 5.75 Å². The Balaban J connectivity index is 3.89. The van der Waals surface area contributed by atoms with Crippen molar-refractivity contribution in [1.29, 1.82) is 0 Å². The summed E-state index contributed by atoms with van der Waals surface area (Å²) >= 11 is 0. The molecule has 0 saturated heterocycles. The smallest absolute Gasteiger partial charge is 0.257 e. The van der Waals surface area contributed by atoms with Crippen LogP contribution < -0.4 is 5.14 Å². The summed E-state index contributed by atoms with van der Waals surface area (Å²) in [7, 11) is -7.21. The predicted octanol–water partition coefficient (Wildman–Crippen LogP) is -1.36. The standard InChI is InChI=1S/C4H11NO5S2/c1-2-11(6,7)4-3-10-12(5,8)9/h2-4H2,1H3,(H2,5,8,9). The number of rotatable bonds is 5. The van der Waals surface area contributed by atoms with Crippen LogP contribution >= 0.6 is 0 Å². The normalized spacial score (nSPS) is 13.2. The van der Waals surface area contributed by atoms with Crippen LogP contribution in [-0.2, 0) is 24.3 Å². The third-order valence-corrected chi connectivity index (χ3v) is 3.25. The molecular formula is C4H11NO5S2. The molecule has 0 rings (SSSR count). The highest BCUT2D eigenvalue weighted by molar-refractivity contribution is 7.91. The van der Waals surface area contributed by atoms with Crippen molar-refractivity contribution >= 4 is 20.1 Å². The Morgan fingerprint density at radius 3 is 2.08 bits per heavy atom. The number of hydrogen-bond donors (Lipinski definition) is 1. The maximum Gasteiger partial charge on any atom is 0.333 e. The molecule has 0 spiro atoms. The second kappa shape index (κ2) is 4.17. The van der Waals surface area contributed by atoms with E-state index in [-0.39, 0.29) is 11.5 Å². The van der Waals surface area contributed by atoms with Crippen LogP contribution in [0.2, 0.25) is 0 Å². The summed E-state index contributed by atoms with van der Waals surface area (Å²) in [4.78, 5) is 0. The summed E-state index contributed by atoms with van der Waals surface area (Å²) in [5, 5.41) is 4.46. The lowest BCUT2D eigenvalue weighted by molar-refractivity contribution is 0.339. The van der Waals surface area contributed by atoms with Gasteiger partial charge in [-0.25, -0.2) is 13.6 Å². The van der Waals surface area contributed by atoms with Gasteiger partial charge in [-0.05, 0) is 0 Å². The van der Waals surface area contributed by atoms with E-state index in [0.29, 0.717) is 0 Å². The maximum atomic E-state index is 10.8. The molecule has 0 atom stereocenters. The van der Waals surface area contributed by atoms with Gasteiger partial charge in [0.25, 0.3) is 0 Å². The molecule has 0 bridgehead atoms. The first-order valence-electron chi connectivity index (χ1n) is 3.14. The Morgan fingerprint density at radius 2 is 1.75 bits per heavy atom. The van der Waals surface area contributed by atoms with Crippen molar-refractivity contribution in [2.45, 2.75) is 6.92 Å². The second-order valence-corrected chi connectivity index (χ2v) is 5.75. The molecule has 0 saturated carbocycles. The molecule has 74 valence electrons. The van der Waals surface area contributed by atoms with E-state index in [1.165, 1.54) is 6.92 Å². The zero-order chi connectivity index (χ0) is 9.83. The molecule has 0 heterocycles. The molecule has 8 heteroatoms. The molecule has 12 heavy (non-hydrogen) atoms. The van der Waals surface area contributed by atoms with Crippen molar-refractivity contribution in [2.75, 3.05) is 18.1 Å². The van der Waals surface area contributed by atoms with E-state index in [9.17, 15) is 16.8 Å². The minimum atomic E-state index is -4.02. The zero-order valence-electron chi connectivity index (χ0n) is 6.56. The zero-order valence-corrected chi connectivity index (χ0v) is 8.19. The fourth-order valence-corrected chi connectivity index (χ4v) is 1.47. The van der Waals surface area contributed by atoms with Crippen molar-refractivity contribution in [3.8, 4) is 0 Å². The summed E-state index contributed by atoms with van der Waals surface area (Å²) in [6.45, 7) is 1.04.